The molecule has 0 amide bonds. The Kier molecular flexibility index (Phi) is 3.89. The molecule has 0 aromatic heterocycles. The summed E-state index contributed by atoms with van der Waals surface area (Å²) < 4.78 is 0. The number of nitro groups is 2. The molecule has 0 atom stereocenters. The molecule has 0 fully saturated rings. The highest BCUT2D eigenvalue weighted by atomic mass is 35.5. The summed E-state index contributed by atoms with van der Waals surface area (Å²) in [6.07, 6.45) is 0. The van der Waals surface area contributed by atoms with E-state index in [0.717, 1.165) is 12.1 Å². The molecule has 0 aliphatic heterocycles. The minimum Gasteiger partial charge on any atom is -0.410 e. The summed E-state index contributed by atoms with van der Waals surface area (Å²) in [7, 11) is 0. The van der Waals surface area contributed by atoms with Gasteiger partial charge in [-0.05, 0) is 0 Å². The van der Waals surface area contributed by atoms with Crippen molar-refractivity contribution in [1.29, 1.82) is 0 Å². The molecule has 0 bridgehead atoms. The average molecular weight is 274 g/mol. The van der Waals surface area contributed by atoms with Gasteiger partial charge in [0.15, 0.2) is 0 Å². The van der Waals surface area contributed by atoms with E-state index < -0.39 is 37.7 Å². The molecule has 10 heteroatoms. The van der Waals surface area contributed by atoms with Crippen molar-refractivity contribution in [3.8, 4) is 0 Å². The van der Waals surface area contributed by atoms with E-state index >= 15 is 0 Å². The molecule has 0 heterocycles. The molecule has 0 unspecified atom stereocenters. The third-order valence-corrected chi connectivity index (χ3v) is 2.11. The number of ketones is 1. The SMILES string of the molecule is O=C(/C(Cl)=N/O)c1cc([N+](=O)[O-])cc([N+](=O)[O-])c1. The number of hydrogen-bond acceptors (Lipinski definition) is 7. The number of halogens is 1. The van der Waals surface area contributed by atoms with E-state index in [1.807, 2.05) is 0 Å². The van der Waals surface area contributed by atoms with Crippen molar-refractivity contribution in [2.75, 3.05) is 0 Å². The Labute approximate surface area is 104 Å². The summed E-state index contributed by atoms with van der Waals surface area (Å²) in [5.74, 6) is -1.06. The van der Waals surface area contributed by atoms with Gasteiger partial charge < -0.3 is 5.21 Å². The maximum Gasteiger partial charge on any atom is 0.277 e. The molecule has 0 saturated heterocycles. The lowest BCUT2D eigenvalue weighted by molar-refractivity contribution is -0.394. The van der Waals surface area contributed by atoms with Crippen LogP contribution < -0.4 is 0 Å². The van der Waals surface area contributed by atoms with Crippen molar-refractivity contribution in [2.24, 2.45) is 5.16 Å². The van der Waals surface area contributed by atoms with Gasteiger partial charge >= 0.3 is 0 Å². The molecular formula is C8H4ClN3O6. The van der Waals surface area contributed by atoms with Crippen molar-refractivity contribution >= 4 is 33.9 Å². The second-order valence-electron chi connectivity index (χ2n) is 2.97. The second-order valence-corrected chi connectivity index (χ2v) is 3.33. The number of hydrogen-bond donors (Lipinski definition) is 1. The topological polar surface area (TPSA) is 136 Å². The van der Waals surface area contributed by atoms with Crippen LogP contribution in [-0.4, -0.2) is 26.0 Å². The van der Waals surface area contributed by atoms with E-state index in [2.05, 4.69) is 5.16 Å². The van der Waals surface area contributed by atoms with Crippen LogP contribution in [0.1, 0.15) is 10.4 Å². The normalized spacial score (nSPS) is 11.1. The number of rotatable bonds is 4. The van der Waals surface area contributed by atoms with Crippen LogP contribution in [0.2, 0.25) is 0 Å². The number of nitrogens with zero attached hydrogens (tertiary/aromatic N) is 3. The van der Waals surface area contributed by atoms with Gasteiger partial charge in [-0.2, -0.15) is 0 Å². The van der Waals surface area contributed by atoms with E-state index in [1.54, 1.807) is 0 Å². The third-order valence-electron chi connectivity index (χ3n) is 1.86. The number of carbonyl (C=O) groups excluding carboxylic acids is 1. The van der Waals surface area contributed by atoms with E-state index in [4.69, 9.17) is 16.8 Å². The lowest BCUT2D eigenvalue weighted by Crippen LogP contribution is -2.09. The van der Waals surface area contributed by atoms with Crippen molar-refractivity contribution in [1.82, 2.24) is 0 Å². The van der Waals surface area contributed by atoms with E-state index in [1.165, 1.54) is 0 Å². The van der Waals surface area contributed by atoms with E-state index in [-0.39, 0.29) is 0 Å². The molecule has 1 rings (SSSR count). The van der Waals surface area contributed by atoms with Gasteiger partial charge in [0.25, 0.3) is 11.4 Å². The number of non-ortho nitro benzene ring substituents is 2. The van der Waals surface area contributed by atoms with Crippen LogP contribution in [-0.2, 0) is 0 Å². The summed E-state index contributed by atoms with van der Waals surface area (Å²) in [6, 6.07) is 2.28. The Balaban J connectivity index is 3.41. The highest BCUT2D eigenvalue weighted by Gasteiger charge is 2.22. The molecule has 0 spiro atoms. The average Bonchev–Trinajstić information content (AvgIpc) is 2.36. The molecule has 1 aromatic rings. The molecule has 1 aromatic carbocycles. The fourth-order valence-corrected chi connectivity index (χ4v) is 1.21. The first-order valence-corrected chi connectivity index (χ1v) is 4.60. The van der Waals surface area contributed by atoms with Gasteiger partial charge in [0.05, 0.1) is 15.9 Å². The van der Waals surface area contributed by atoms with E-state index in [9.17, 15) is 25.0 Å². The van der Waals surface area contributed by atoms with Crippen LogP contribution in [0.25, 0.3) is 0 Å². The van der Waals surface area contributed by atoms with E-state index in [0.29, 0.717) is 6.07 Å². The maximum atomic E-state index is 11.5. The van der Waals surface area contributed by atoms with Crippen molar-refractivity contribution in [3.05, 3.63) is 44.0 Å². The van der Waals surface area contributed by atoms with Crippen LogP contribution in [0.3, 0.4) is 0 Å². The van der Waals surface area contributed by atoms with Crippen LogP contribution in [0.5, 0.6) is 0 Å². The minimum absolute atomic E-state index is 0.418. The highest BCUT2D eigenvalue weighted by Crippen LogP contribution is 2.23. The molecule has 1 N–H and O–H groups in total. The van der Waals surface area contributed by atoms with Crippen LogP contribution in [0.15, 0.2) is 23.4 Å². The Hall–Kier alpha value is -2.55. The van der Waals surface area contributed by atoms with Gasteiger partial charge in [-0.15, -0.1) is 0 Å². The van der Waals surface area contributed by atoms with Gasteiger partial charge in [-0.3, -0.25) is 25.0 Å². The monoisotopic (exact) mass is 273 g/mol. The fourth-order valence-electron chi connectivity index (χ4n) is 1.10. The Bertz CT molecular complexity index is 538. The van der Waals surface area contributed by atoms with Gasteiger partial charge in [-0.1, -0.05) is 16.8 Å². The second kappa shape index (κ2) is 5.19. The highest BCUT2D eigenvalue weighted by molar-refractivity contribution is 6.84. The lowest BCUT2D eigenvalue weighted by atomic mass is 10.1. The summed E-state index contributed by atoms with van der Waals surface area (Å²) >= 11 is 5.22. The minimum atomic E-state index is -1.06. The lowest BCUT2D eigenvalue weighted by Gasteiger charge is -1.99. The first-order chi connectivity index (χ1) is 8.36. The largest absolute Gasteiger partial charge is 0.410 e. The number of carbonyl (C=O) groups is 1. The zero-order valence-electron chi connectivity index (χ0n) is 8.44. The van der Waals surface area contributed by atoms with Gasteiger partial charge in [0.1, 0.15) is 0 Å². The Morgan fingerprint density at radius 2 is 1.61 bits per heavy atom. The standard InChI is InChI=1S/C8H4ClN3O6/c9-8(10-14)7(13)4-1-5(11(15)16)3-6(2-4)12(17)18/h1-3,14H/b10-8-. The quantitative estimate of drug-likeness (QED) is 0.291. The molecule has 18 heavy (non-hydrogen) atoms. The Morgan fingerprint density at radius 1 is 1.17 bits per heavy atom. The van der Waals surface area contributed by atoms with Crippen molar-refractivity contribution in [3.63, 3.8) is 0 Å². The Morgan fingerprint density at radius 3 is 1.94 bits per heavy atom. The fraction of sp³-hybridized carbons (Fsp3) is 0. The summed E-state index contributed by atoms with van der Waals surface area (Å²) in [6.45, 7) is 0. The summed E-state index contributed by atoms with van der Waals surface area (Å²) in [4.78, 5) is 30.8. The number of Topliss-reactive ketones (excluding diaryl/α,β-unsaturated/α-hetero) is 1. The predicted octanol–water partition coefficient (Wildman–Crippen LogP) is 1.71. The first-order valence-electron chi connectivity index (χ1n) is 4.23. The maximum absolute atomic E-state index is 11.5. The molecule has 0 saturated carbocycles. The number of benzene rings is 1. The molecular weight excluding hydrogens is 270 g/mol. The molecule has 0 aliphatic carbocycles. The smallest absolute Gasteiger partial charge is 0.277 e. The molecule has 0 aliphatic rings. The van der Waals surface area contributed by atoms with Crippen molar-refractivity contribution < 1.29 is 19.8 Å². The molecule has 0 radical (unpaired) electrons. The molecule has 94 valence electrons. The zero-order valence-corrected chi connectivity index (χ0v) is 9.20. The number of oxime groups is 1. The van der Waals surface area contributed by atoms with Crippen molar-refractivity contribution in [2.45, 2.75) is 0 Å². The predicted molar refractivity (Wildman–Crippen MR) is 59.2 cm³/mol. The third kappa shape index (κ3) is 2.77. The van der Waals surface area contributed by atoms with Gasteiger partial charge in [-0.25, -0.2) is 0 Å². The van der Waals surface area contributed by atoms with Crippen LogP contribution >= 0.6 is 11.6 Å². The van der Waals surface area contributed by atoms with Gasteiger partial charge in [0.2, 0.25) is 11.0 Å². The van der Waals surface area contributed by atoms with Gasteiger partial charge in [0, 0.05) is 17.7 Å². The van der Waals surface area contributed by atoms with Crippen LogP contribution in [0, 0.1) is 20.2 Å². The summed E-state index contributed by atoms with van der Waals surface area (Å²) in [5.41, 5.74) is -1.70. The summed E-state index contributed by atoms with van der Waals surface area (Å²) in [5, 5.41) is 30.9. The zero-order chi connectivity index (χ0) is 13.9. The molecule has 9 nitrogen and oxygen atoms in total. The first kappa shape index (κ1) is 13.5. The number of nitro benzene ring substituents is 2. The van der Waals surface area contributed by atoms with Crippen LogP contribution in [0.4, 0.5) is 11.4 Å².